The summed E-state index contributed by atoms with van der Waals surface area (Å²) in [4.78, 5) is 32.0. The zero-order valence-corrected chi connectivity index (χ0v) is 19.2. The molecule has 7 nitrogen and oxygen atoms in total. The minimum Gasteiger partial charge on any atom is -0.493 e. The molecule has 0 N–H and O–H groups in total. The molecule has 0 bridgehead atoms. The van der Waals surface area contributed by atoms with Crippen LogP contribution in [0.15, 0.2) is 47.1 Å². The van der Waals surface area contributed by atoms with Crippen molar-refractivity contribution >= 4 is 28.8 Å². The van der Waals surface area contributed by atoms with Crippen molar-refractivity contribution < 1.29 is 23.8 Å². The first-order valence-corrected chi connectivity index (χ1v) is 11.2. The molecule has 1 aromatic rings. The van der Waals surface area contributed by atoms with E-state index in [9.17, 15) is 9.59 Å². The van der Waals surface area contributed by atoms with Crippen LogP contribution in [0.5, 0.6) is 11.5 Å². The van der Waals surface area contributed by atoms with Gasteiger partial charge in [-0.1, -0.05) is 43.8 Å². The predicted octanol–water partition coefficient (Wildman–Crippen LogP) is 4.25. The summed E-state index contributed by atoms with van der Waals surface area (Å²) in [6.45, 7) is 9.95. The third-order valence-corrected chi connectivity index (χ3v) is 6.12. The van der Waals surface area contributed by atoms with Crippen molar-refractivity contribution in [2.75, 3.05) is 20.3 Å². The van der Waals surface area contributed by atoms with Crippen molar-refractivity contribution in [1.82, 2.24) is 4.90 Å². The molecule has 166 valence electrons. The highest BCUT2D eigenvalue weighted by atomic mass is 32.2. The summed E-state index contributed by atoms with van der Waals surface area (Å²) in [6.07, 6.45) is 3.47. The molecule has 2 atom stereocenters. The lowest BCUT2D eigenvalue weighted by molar-refractivity contribution is -0.139. The Labute approximate surface area is 187 Å². The van der Waals surface area contributed by atoms with E-state index in [2.05, 4.69) is 18.5 Å². The fourth-order valence-corrected chi connectivity index (χ4v) is 4.52. The van der Waals surface area contributed by atoms with E-state index in [-0.39, 0.29) is 17.8 Å². The van der Waals surface area contributed by atoms with Crippen LogP contribution >= 0.6 is 11.8 Å². The molecule has 3 rings (SSSR count). The fourth-order valence-electron chi connectivity index (χ4n) is 3.49. The lowest BCUT2D eigenvalue weighted by Crippen LogP contribution is -2.40. The molecule has 1 amide bonds. The number of methoxy groups -OCH3 is 1. The zero-order chi connectivity index (χ0) is 22.5. The molecule has 1 saturated heterocycles. The SMILES string of the molecule is C=CCOC(=O)C1=C(C)N=C2SC(C)C(=O)N2C1c1ccc(OCCCC)c(OC)c1. The molecule has 1 aromatic carbocycles. The molecule has 0 radical (unpaired) electrons. The molecule has 31 heavy (non-hydrogen) atoms. The summed E-state index contributed by atoms with van der Waals surface area (Å²) in [5.74, 6) is 0.542. The maximum atomic E-state index is 13.0. The highest BCUT2D eigenvalue weighted by Crippen LogP contribution is 2.44. The van der Waals surface area contributed by atoms with Crippen LogP contribution in [0.4, 0.5) is 0 Å². The van der Waals surface area contributed by atoms with Crippen molar-refractivity contribution in [2.45, 2.75) is 44.9 Å². The van der Waals surface area contributed by atoms with Crippen LogP contribution in [-0.4, -0.2) is 47.5 Å². The molecule has 0 saturated carbocycles. The van der Waals surface area contributed by atoms with Gasteiger partial charge in [-0.25, -0.2) is 9.79 Å². The van der Waals surface area contributed by atoms with Crippen molar-refractivity contribution in [3.05, 3.63) is 47.7 Å². The summed E-state index contributed by atoms with van der Waals surface area (Å²) in [5, 5.41) is 0.304. The molecule has 2 aliphatic heterocycles. The Balaban J connectivity index is 2.05. The van der Waals surface area contributed by atoms with Gasteiger partial charge >= 0.3 is 5.97 Å². The first-order chi connectivity index (χ1) is 14.9. The Bertz CT molecular complexity index is 940. The maximum absolute atomic E-state index is 13.0. The number of benzene rings is 1. The second kappa shape index (κ2) is 10.0. The average molecular weight is 445 g/mol. The minimum atomic E-state index is -0.659. The van der Waals surface area contributed by atoms with Gasteiger partial charge < -0.3 is 14.2 Å². The molecule has 2 heterocycles. The third-order valence-electron chi connectivity index (χ3n) is 5.07. The van der Waals surface area contributed by atoms with E-state index < -0.39 is 12.0 Å². The van der Waals surface area contributed by atoms with E-state index in [1.54, 1.807) is 18.9 Å². The van der Waals surface area contributed by atoms with Gasteiger partial charge in [-0.3, -0.25) is 9.69 Å². The Morgan fingerprint density at radius 3 is 2.81 bits per heavy atom. The van der Waals surface area contributed by atoms with Crippen LogP contribution in [0.1, 0.15) is 45.2 Å². The van der Waals surface area contributed by atoms with Crippen LogP contribution in [0.2, 0.25) is 0 Å². The number of carbonyl (C=O) groups excluding carboxylic acids is 2. The van der Waals surface area contributed by atoms with E-state index in [0.29, 0.717) is 34.5 Å². The Kier molecular flexibility index (Phi) is 7.43. The lowest BCUT2D eigenvalue weighted by atomic mass is 9.94. The van der Waals surface area contributed by atoms with Crippen LogP contribution in [0.3, 0.4) is 0 Å². The standard InChI is InChI=1S/C23H28N2O5S/c1-6-8-12-29-17-10-9-16(13-18(17)28-5)20-19(22(27)30-11-7-2)14(3)24-23-25(20)21(26)15(4)31-23/h7,9-10,13,15,20H,2,6,8,11-12H2,1,3-5H3. The number of amidine groups is 1. The highest BCUT2D eigenvalue weighted by molar-refractivity contribution is 8.15. The topological polar surface area (TPSA) is 77.4 Å². The van der Waals surface area contributed by atoms with E-state index >= 15 is 0 Å². The average Bonchev–Trinajstić information content (AvgIpc) is 3.04. The molecule has 2 aliphatic rings. The third kappa shape index (κ3) is 4.63. The molecule has 1 fully saturated rings. The monoisotopic (exact) mass is 444 g/mol. The van der Waals surface area contributed by atoms with Gasteiger partial charge in [0.05, 0.1) is 36.3 Å². The first-order valence-electron chi connectivity index (χ1n) is 10.3. The summed E-state index contributed by atoms with van der Waals surface area (Å²) in [6, 6.07) is 4.82. The normalized spacial score (nSPS) is 20.3. The number of allylic oxidation sites excluding steroid dienone is 1. The Hall–Kier alpha value is -2.74. The molecule has 2 unspecified atom stereocenters. The molecule has 8 heteroatoms. The Morgan fingerprint density at radius 1 is 1.35 bits per heavy atom. The largest absolute Gasteiger partial charge is 0.493 e. The van der Waals surface area contributed by atoms with Gasteiger partial charge in [0.1, 0.15) is 6.61 Å². The van der Waals surface area contributed by atoms with E-state index in [1.807, 2.05) is 25.1 Å². The van der Waals surface area contributed by atoms with Crippen LogP contribution in [-0.2, 0) is 14.3 Å². The smallest absolute Gasteiger partial charge is 0.338 e. The zero-order valence-electron chi connectivity index (χ0n) is 18.3. The van der Waals surface area contributed by atoms with Crippen LogP contribution in [0.25, 0.3) is 0 Å². The van der Waals surface area contributed by atoms with E-state index in [1.165, 1.54) is 17.8 Å². The minimum absolute atomic E-state index is 0.0749. The van der Waals surface area contributed by atoms with Crippen LogP contribution in [0, 0.1) is 0 Å². The number of thioether (sulfide) groups is 1. The number of carbonyl (C=O) groups is 2. The highest BCUT2D eigenvalue weighted by Gasteiger charge is 2.46. The number of fused-ring (bicyclic) bond motifs is 1. The maximum Gasteiger partial charge on any atom is 0.338 e. The molecule has 0 aromatic heterocycles. The number of amides is 1. The molecule has 0 aliphatic carbocycles. The Morgan fingerprint density at radius 2 is 2.13 bits per heavy atom. The van der Waals surface area contributed by atoms with E-state index in [0.717, 1.165) is 18.4 Å². The van der Waals surface area contributed by atoms with Gasteiger partial charge in [-0.05, 0) is 38.0 Å². The first kappa shape index (κ1) is 22.9. The van der Waals surface area contributed by atoms with Gasteiger partial charge in [0.25, 0.3) is 0 Å². The van der Waals surface area contributed by atoms with Gasteiger partial charge in [0.15, 0.2) is 16.7 Å². The summed E-state index contributed by atoms with van der Waals surface area (Å²) < 4.78 is 16.7. The van der Waals surface area contributed by atoms with Gasteiger partial charge in [-0.2, -0.15) is 0 Å². The summed E-state index contributed by atoms with van der Waals surface area (Å²) >= 11 is 1.39. The van der Waals surface area contributed by atoms with Gasteiger partial charge in [0.2, 0.25) is 5.91 Å². The molecule has 0 spiro atoms. The summed E-state index contributed by atoms with van der Waals surface area (Å²) in [5.41, 5.74) is 1.58. The second-order valence-electron chi connectivity index (χ2n) is 7.26. The van der Waals surface area contributed by atoms with E-state index in [4.69, 9.17) is 14.2 Å². The van der Waals surface area contributed by atoms with Crippen LogP contribution < -0.4 is 9.47 Å². The molecular weight excluding hydrogens is 416 g/mol. The lowest BCUT2D eigenvalue weighted by Gasteiger charge is -2.33. The quantitative estimate of drug-likeness (QED) is 0.322. The predicted molar refractivity (Wildman–Crippen MR) is 121 cm³/mol. The van der Waals surface area contributed by atoms with Crippen molar-refractivity contribution in [3.63, 3.8) is 0 Å². The number of hydrogen-bond acceptors (Lipinski definition) is 7. The number of esters is 1. The van der Waals surface area contributed by atoms with Gasteiger partial charge in [0, 0.05) is 0 Å². The number of unbranched alkanes of at least 4 members (excludes halogenated alkanes) is 1. The van der Waals surface area contributed by atoms with Crippen molar-refractivity contribution in [3.8, 4) is 11.5 Å². The molecular formula is C23H28N2O5S. The number of rotatable bonds is 9. The number of hydrogen-bond donors (Lipinski definition) is 0. The van der Waals surface area contributed by atoms with Crippen molar-refractivity contribution in [2.24, 2.45) is 4.99 Å². The summed E-state index contributed by atoms with van der Waals surface area (Å²) in [7, 11) is 1.57. The number of ether oxygens (including phenoxy) is 3. The van der Waals surface area contributed by atoms with Crippen molar-refractivity contribution in [1.29, 1.82) is 0 Å². The fraction of sp³-hybridized carbons (Fsp3) is 0.435. The number of nitrogens with zero attached hydrogens (tertiary/aromatic N) is 2. The van der Waals surface area contributed by atoms with Gasteiger partial charge in [-0.15, -0.1) is 0 Å². The number of aliphatic imine (C=N–C) groups is 1. The second-order valence-corrected chi connectivity index (χ2v) is 8.57.